The van der Waals surface area contributed by atoms with E-state index in [4.69, 9.17) is 4.42 Å². The number of rotatable bonds is 5. The average Bonchev–Trinajstić information content (AvgIpc) is 3.12. The van der Waals surface area contributed by atoms with Crippen LogP contribution in [0.3, 0.4) is 0 Å². The monoisotopic (exact) mass is 370 g/mol. The summed E-state index contributed by atoms with van der Waals surface area (Å²) in [5, 5.41) is 2.92. The zero-order valence-electron chi connectivity index (χ0n) is 15.8. The van der Waals surface area contributed by atoms with Gasteiger partial charge in [-0.2, -0.15) is 0 Å². The van der Waals surface area contributed by atoms with Crippen molar-refractivity contribution in [3.05, 3.63) is 48.2 Å². The lowest BCUT2D eigenvalue weighted by Gasteiger charge is -2.38. The van der Waals surface area contributed by atoms with E-state index in [0.29, 0.717) is 6.54 Å². The highest BCUT2D eigenvalue weighted by molar-refractivity contribution is 5.85. The Morgan fingerprint density at radius 1 is 1.30 bits per heavy atom. The van der Waals surface area contributed by atoms with Gasteiger partial charge in [0.1, 0.15) is 12.6 Å². The molecule has 0 bridgehead atoms. The Balaban J connectivity index is 1.56. The first-order valence-corrected chi connectivity index (χ1v) is 9.58. The molecule has 1 unspecified atom stereocenters. The molecule has 7 heteroatoms. The Bertz CT molecular complexity index is 807. The molecule has 2 aliphatic rings. The summed E-state index contributed by atoms with van der Waals surface area (Å²) in [5.74, 6) is -0.0283. The van der Waals surface area contributed by atoms with Gasteiger partial charge < -0.3 is 24.1 Å². The van der Waals surface area contributed by atoms with Gasteiger partial charge in [-0.1, -0.05) is 0 Å². The summed E-state index contributed by atoms with van der Waals surface area (Å²) in [6.07, 6.45) is 7.29. The van der Waals surface area contributed by atoms with Crippen molar-refractivity contribution in [2.75, 3.05) is 13.1 Å². The summed E-state index contributed by atoms with van der Waals surface area (Å²) >= 11 is 0. The van der Waals surface area contributed by atoms with Crippen LogP contribution in [0.5, 0.6) is 0 Å². The molecule has 1 saturated carbocycles. The minimum Gasteiger partial charge on any atom is -0.472 e. The predicted octanol–water partition coefficient (Wildman–Crippen LogP) is 2.60. The van der Waals surface area contributed by atoms with E-state index in [1.807, 2.05) is 43.1 Å². The number of hydrogen-bond donors (Lipinski definition) is 1. The number of amides is 3. The van der Waals surface area contributed by atoms with Crippen LogP contribution >= 0.6 is 0 Å². The van der Waals surface area contributed by atoms with Crippen LogP contribution in [0.2, 0.25) is 0 Å². The summed E-state index contributed by atoms with van der Waals surface area (Å²) in [6.45, 7) is 5.33. The van der Waals surface area contributed by atoms with Crippen molar-refractivity contribution >= 4 is 11.9 Å². The zero-order valence-corrected chi connectivity index (χ0v) is 15.8. The van der Waals surface area contributed by atoms with Crippen molar-refractivity contribution in [2.45, 2.75) is 51.4 Å². The normalized spacial score (nSPS) is 19.1. The van der Waals surface area contributed by atoms with Crippen LogP contribution in [0.4, 0.5) is 4.79 Å². The van der Waals surface area contributed by atoms with Crippen molar-refractivity contribution < 1.29 is 14.0 Å². The highest BCUT2D eigenvalue weighted by Gasteiger charge is 2.38. The van der Waals surface area contributed by atoms with E-state index >= 15 is 0 Å². The number of hydrogen-bond acceptors (Lipinski definition) is 3. The molecule has 0 spiro atoms. The first-order valence-electron chi connectivity index (χ1n) is 9.58. The highest BCUT2D eigenvalue weighted by atomic mass is 16.3. The molecule has 7 nitrogen and oxygen atoms in total. The van der Waals surface area contributed by atoms with Crippen molar-refractivity contribution in [3.63, 3.8) is 0 Å². The van der Waals surface area contributed by atoms with Gasteiger partial charge in [-0.15, -0.1) is 0 Å². The molecule has 0 radical (unpaired) electrons. The zero-order chi connectivity index (χ0) is 19.0. The van der Waals surface area contributed by atoms with Crippen LogP contribution in [0.25, 0.3) is 0 Å². The van der Waals surface area contributed by atoms with E-state index in [9.17, 15) is 9.59 Å². The number of furan rings is 1. The third-order valence-corrected chi connectivity index (χ3v) is 5.18. The SMILES string of the molecule is CC(C)NC(=O)N(CC(=O)N1CCn2cccc2C1c1ccoc1)C1CC1. The van der Waals surface area contributed by atoms with Crippen molar-refractivity contribution in [2.24, 2.45) is 0 Å². The highest BCUT2D eigenvalue weighted by Crippen LogP contribution is 2.33. The lowest BCUT2D eigenvalue weighted by atomic mass is 10.0. The molecule has 144 valence electrons. The molecule has 2 aromatic heterocycles. The third kappa shape index (κ3) is 3.59. The van der Waals surface area contributed by atoms with E-state index in [2.05, 4.69) is 9.88 Å². The first-order chi connectivity index (χ1) is 13.0. The number of aromatic nitrogens is 1. The number of nitrogens with one attached hydrogen (secondary N) is 1. The second-order valence-corrected chi connectivity index (χ2v) is 7.64. The van der Waals surface area contributed by atoms with Gasteiger partial charge in [-0.25, -0.2) is 4.79 Å². The van der Waals surface area contributed by atoms with Gasteiger partial charge in [0, 0.05) is 42.6 Å². The fourth-order valence-corrected chi connectivity index (χ4v) is 3.75. The van der Waals surface area contributed by atoms with Gasteiger partial charge in [0.2, 0.25) is 5.91 Å². The van der Waals surface area contributed by atoms with Crippen LogP contribution in [-0.4, -0.2) is 51.5 Å². The molecule has 1 aliphatic heterocycles. The Morgan fingerprint density at radius 2 is 2.11 bits per heavy atom. The van der Waals surface area contributed by atoms with E-state index in [1.54, 1.807) is 17.4 Å². The van der Waals surface area contributed by atoms with Gasteiger partial charge in [0.15, 0.2) is 0 Å². The summed E-state index contributed by atoms with van der Waals surface area (Å²) < 4.78 is 7.45. The summed E-state index contributed by atoms with van der Waals surface area (Å²) in [7, 11) is 0. The number of carbonyl (C=O) groups excluding carboxylic acids is 2. The molecule has 27 heavy (non-hydrogen) atoms. The fraction of sp³-hybridized carbons (Fsp3) is 0.500. The van der Waals surface area contributed by atoms with Crippen molar-refractivity contribution in [1.82, 2.24) is 19.7 Å². The Morgan fingerprint density at radius 3 is 2.78 bits per heavy atom. The van der Waals surface area contributed by atoms with Crippen LogP contribution < -0.4 is 5.32 Å². The van der Waals surface area contributed by atoms with E-state index in [0.717, 1.165) is 30.6 Å². The molecule has 0 saturated heterocycles. The summed E-state index contributed by atoms with van der Waals surface area (Å²) in [6, 6.07) is 5.83. The average molecular weight is 370 g/mol. The quantitative estimate of drug-likeness (QED) is 0.879. The first kappa shape index (κ1) is 17.7. The number of nitrogens with zero attached hydrogens (tertiary/aromatic N) is 3. The van der Waals surface area contributed by atoms with E-state index in [-0.39, 0.29) is 36.6 Å². The minimum absolute atomic E-state index is 0.0283. The maximum Gasteiger partial charge on any atom is 0.318 e. The topological polar surface area (TPSA) is 70.7 Å². The minimum atomic E-state index is -0.186. The van der Waals surface area contributed by atoms with Gasteiger partial charge in [0.05, 0.1) is 12.5 Å². The number of urea groups is 1. The molecule has 1 aliphatic carbocycles. The Labute approximate surface area is 158 Å². The third-order valence-electron chi connectivity index (χ3n) is 5.18. The van der Waals surface area contributed by atoms with E-state index in [1.165, 1.54) is 0 Å². The molecular weight excluding hydrogens is 344 g/mol. The molecular formula is C20H26N4O3. The molecule has 1 atom stereocenters. The molecule has 0 aromatic carbocycles. The van der Waals surface area contributed by atoms with Crippen molar-refractivity contribution in [1.29, 1.82) is 0 Å². The lowest BCUT2D eigenvalue weighted by Crippen LogP contribution is -2.51. The smallest absolute Gasteiger partial charge is 0.318 e. The molecule has 3 heterocycles. The van der Waals surface area contributed by atoms with E-state index < -0.39 is 0 Å². The van der Waals surface area contributed by atoms with Crippen molar-refractivity contribution in [3.8, 4) is 0 Å². The summed E-state index contributed by atoms with van der Waals surface area (Å²) in [5.41, 5.74) is 2.02. The molecule has 1 N–H and O–H groups in total. The predicted molar refractivity (Wildman–Crippen MR) is 100 cm³/mol. The largest absolute Gasteiger partial charge is 0.472 e. The Kier molecular flexibility index (Phi) is 4.68. The number of fused-ring (bicyclic) bond motifs is 1. The summed E-state index contributed by atoms with van der Waals surface area (Å²) in [4.78, 5) is 29.3. The molecule has 4 rings (SSSR count). The van der Waals surface area contributed by atoms with Crippen LogP contribution in [0.1, 0.15) is 44.0 Å². The Hall–Kier alpha value is -2.70. The standard InChI is InChI=1S/C20H26N4O3/c1-14(2)21-20(26)24(16-5-6-16)12-18(25)23-10-9-22-8-3-4-17(22)19(23)15-7-11-27-13-15/h3-4,7-8,11,13-14,16,19H,5-6,9-10,12H2,1-2H3,(H,21,26). The van der Waals surface area contributed by atoms with Crippen LogP contribution in [-0.2, 0) is 11.3 Å². The maximum atomic E-state index is 13.2. The van der Waals surface area contributed by atoms with Gasteiger partial charge in [-0.05, 0) is 44.9 Å². The van der Waals surface area contributed by atoms with Gasteiger partial charge >= 0.3 is 6.03 Å². The second kappa shape index (κ2) is 7.13. The maximum absolute atomic E-state index is 13.2. The second-order valence-electron chi connectivity index (χ2n) is 7.64. The fourth-order valence-electron chi connectivity index (χ4n) is 3.75. The van der Waals surface area contributed by atoms with Gasteiger partial charge in [-0.3, -0.25) is 4.79 Å². The lowest BCUT2D eigenvalue weighted by molar-refractivity contribution is -0.134. The molecule has 2 aromatic rings. The molecule has 1 fully saturated rings. The van der Waals surface area contributed by atoms with Gasteiger partial charge in [0.25, 0.3) is 0 Å². The van der Waals surface area contributed by atoms with Crippen LogP contribution in [0, 0.1) is 0 Å². The number of carbonyl (C=O) groups is 2. The molecule has 3 amide bonds. The van der Waals surface area contributed by atoms with Crippen LogP contribution in [0.15, 0.2) is 41.3 Å².